The van der Waals surface area contributed by atoms with Crippen molar-refractivity contribution in [2.75, 3.05) is 6.54 Å². The molecule has 1 amide bonds. The Labute approximate surface area is 132 Å². The lowest BCUT2D eigenvalue weighted by atomic mass is 9.87. The average molecular weight is 302 g/mol. The van der Waals surface area contributed by atoms with Crippen LogP contribution in [0.15, 0.2) is 18.2 Å². The first-order chi connectivity index (χ1) is 10.5. The van der Waals surface area contributed by atoms with Crippen LogP contribution in [0.1, 0.15) is 54.9 Å². The number of aromatic hydroxyl groups is 1. The molecule has 120 valence electrons. The van der Waals surface area contributed by atoms with Crippen molar-refractivity contribution in [1.29, 1.82) is 0 Å². The van der Waals surface area contributed by atoms with Gasteiger partial charge in [-0.15, -0.1) is 0 Å². The van der Waals surface area contributed by atoms with E-state index in [1.54, 1.807) is 12.1 Å². The van der Waals surface area contributed by atoms with Gasteiger partial charge in [-0.25, -0.2) is 0 Å². The summed E-state index contributed by atoms with van der Waals surface area (Å²) in [5.41, 5.74) is 1.37. The van der Waals surface area contributed by atoms with Gasteiger partial charge < -0.3 is 10.4 Å². The molecule has 0 bridgehead atoms. The van der Waals surface area contributed by atoms with Crippen LogP contribution >= 0.6 is 0 Å². The predicted octanol–water partition coefficient (Wildman–Crippen LogP) is 2.84. The monoisotopic (exact) mass is 302 g/mol. The van der Waals surface area contributed by atoms with E-state index >= 15 is 0 Å². The summed E-state index contributed by atoms with van der Waals surface area (Å²) in [6.45, 7) is 5.31. The third-order valence-corrected chi connectivity index (χ3v) is 5.22. The van der Waals surface area contributed by atoms with Crippen LogP contribution in [0.4, 0.5) is 0 Å². The number of phenolic OH excluding ortho intramolecular Hbond substituents is 1. The van der Waals surface area contributed by atoms with Gasteiger partial charge in [0.2, 0.25) is 0 Å². The maximum Gasteiger partial charge on any atom is 0.255 e. The van der Waals surface area contributed by atoms with Crippen molar-refractivity contribution in [3.63, 3.8) is 0 Å². The van der Waals surface area contributed by atoms with Gasteiger partial charge in [-0.2, -0.15) is 0 Å². The molecule has 22 heavy (non-hydrogen) atoms. The Hall–Kier alpha value is -1.55. The van der Waals surface area contributed by atoms with Crippen LogP contribution in [-0.2, 0) is 0 Å². The number of piperidine rings is 2. The Morgan fingerprint density at radius 3 is 2.95 bits per heavy atom. The number of hydrogen-bond acceptors (Lipinski definition) is 3. The molecular formula is C18H26N2O2. The summed E-state index contributed by atoms with van der Waals surface area (Å²) in [5.74, 6) is -0.0877. The number of amides is 1. The Morgan fingerprint density at radius 2 is 2.14 bits per heavy atom. The van der Waals surface area contributed by atoms with Crippen LogP contribution in [0, 0.1) is 6.92 Å². The number of nitrogens with zero attached hydrogens (tertiary/aromatic N) is 1. The molecule has 4 heteroatoms. The lowest BCUT2D eigenvalue weighted by molar-refractivity contribution is 0.0457. The number of rotatable bonds is 2. The molecule has 0 spiro atoms. The molecule has 1 aromatic rings. The van der Waals surface area contributed by atoms with Crippen molar-refractivity contribution in [3.05, 3.63) is 29.3 Å². The Morgan fingerprint density at radius 1 is 1.32 bits per heavy atom. The molecule has 2 aliphatic heterocycles. The van der Waals surface area contributed by atoms with E-state index in [2.05, 4.69) is 17.1 Å². The summed E-state index contributed by atoms with van der Waals surface area (Å²) < 4.78 is 0. The minimum atomic E-state index is -0.150. The minimum absolute atomic E-state index is 0.0619. The number of benzene rings is 1. The van der Waals surface area contributed by atoms with Crippen LogP contribution in [0.25, 0.3) is 0 Å². The van der Waals surface area contributed by atoms with Crippen molar-refractivity contribution < 1.29 is 9.90 Å². The van der Waals surface area contributed by atoms with Crippen LogP contribution in [0.2, 0.25) is 0 Å². The fourth-order valence-corrected chi connectivity index (χ4v) is 3.97. The molecule has 0 aliphatic carbocycles. The van der Waals surface area contributed by atoms with E-state index in [9.17, 15) is 9.90 Å². The molecule has 3 atom stereocenters. The Bertz CT molecular complexity index is 558. The van der Waals surface area contributed by atoms with E-state index in [1.165, 1.54) is 19.3 Å². The van der Waals surface area contributed by atoms with Gasteiger partial charge in [0, 0.05) is 24.7 Å². The van der Waals surface area contributed by atoms with Crippen LogP contribution in [0.5, 0.6) is 5.75 Å². The molecule has 2 aliphatic rings. The molecule has 0 aromatic heterocycles. The summed E-state index contributed by atoms with van der Waals surface area (Å²) >= 11 is 0. The maximum atomic E-state index is 12.4. The zero-order valence-electron chi connectivity index (χ0n) is 13.5. The van der Waals surface area contributed by atoms with Gasteiger partial charge in [0.05, 0.1) is 5.56 Å². The first-order valence-corrected chi connectivity index (χ1v) is 8.41. The van der Waals surface area contributed by atoms with Crippen molar-refractivity contribution >= 4 is 5.91 Å². The number of aryl methyl sites for hydroxylation is 1. The first kappa shape index (κ1) is 15.3. The van der Waals surface area contributed by atoms with Crippen LogP contribution < -0.4 is 5.32 Å². The highest BCUT2D eigenvalue weighted by molar-refractivity contribution is 5.97. The zero-order chi connectivity index (χ0) is 15.7. The van der Waals surface area contributed by atoms with Gasteiger partial charge in [-0.1, -0.05) is 18.1 Å². The molecule has 2 fully saturated rings. The highest BCUT2D eigenvalue weighted by Gasteiger charge is 2.34. The topological polar surface area (TPSA) is 52.6 Å². The zero-order valence-corrected chi connectivity index (χ0v) is 13.5. The Kier molecular flexibility index (Phi) is 4.39. The van der Waals surface area contributed by atoms with Crippen LogP contribution in [-0.4, -0.2) is 40.6 Å². The number of fused-ring (bicyclic) bond motifs is 1. The molecule has 1 unspecified atom stereocenters. The molecule has 4 nitrogen and oxygen atoms in total. The largest absolute Gasteiger partial charge is 0.507 e. The standard InChI is InChI=1S/C18H26N2O2/c1-12-6-7-17(21)16(10-12)18(22)19-14-8-9-20-13(2)4-3-5-15(20)11-14/h6-7,10,13-15,21H,3-5,8-9,11H2,1-2H3,(H,19,22)/t13-,14?,15-/m1/s1. The van der Waals surface area contributed by atoms with E-state index in [4.69, 9.17) is 0 Å². The van der Waals surface area contributed by atoms with Gasteiger partial charge in [-0.05, 0) is 51.7 Å². The molecule has 2 saturated heterocycles. The number of nitrogens with one attached hydrogen (secondary N) is 1. The second-order valence-electron chi connectivity index (χ2n) is 6.89. The lowest BCUT2D eigenvalue weighted by Crippen LogP contribution is -2.54. The summed E-state index contributed by atoms with van der Waals surface area (Å²) in [6.07, 6.45) is 5.86. The second-order valence-corrected chi connectivity index (χ2v) is 6.89. The number of hydrogen-bond donors (Lipinski definition) is 2. The third-order valence-electron chi connectivity index (χ3n) is 5.22. The molecule has 3 rings (SSSR count). The molecular weight excluding hydrogens is 276 g/mol. The summed E-state index contributed by atoms with van der Waals surface area (Å²) in [4.78, 5) is 15.0. The average Bonchev–Trinajstić information content (AvgIpc) is 2.50. The summed E-state index contributed by atoms with van der Waals surface area (Å²) in [5, 5.41) is 13.0. The lowest BCUT2D eigenvalue weighted by Gasteiger charge is -2.46. The summed E-state index contributed by atoms with van der Waals surface area (Å²) in [6, 6.07) is 6.66. The molecule has 0 radical (unpaired) electrons. The predicted molar refractivity (Wildman–Crippen MR) is 87.1 cm³/mol. The fraction of sp³-hybridized carbons (Fsp3) is 0.611. The smallest absolute Gasteiger partial charge is 0.255 e. The third kappa shape index (κ3) is 3.12. The van der Waals surface area contributed by atoms with E-state index in [0.29, 0.717) is 17.6 Å². The maximum absolute atomic E-state index is 12.4. The molecule has 2 N–H and O–H groups in total. The van der Waals surface area contributed by atoms with E-state index in [0.717, 1.165) is 24.9 Å². The summed E-state index contributed by atoms with van der Waals surface area (Å²) in [7, 11) is 0. The minimum Gasteiger partial charge on any atom is -0.507 e. The van der Waals surface area contributed by atoms with E-state index in [1.807, 2.05) is 13.0 Å². The van der Waals surface area contributed by atoms with E-state index in [-0.39, 0.29) is 17.7 Å². The molecule has 1 aromatic carbocycles. The van der Waals surface area contributed by atoms with Crippen LogP contribution in [0.3, 0.4) is 0 Å². The van der Waals surface area contributed by atoms with Gasteiger partial charge in [0.1, 0.15) is 5.75 Å². The second kappa shape index (κ2) is 6.29. The van der Waals surface area contributed by atoms with Gasteiger partial charge in [0.15, 0.2) is 0 Å². The normalized spacial score (nSPS) is 28.9. The van der Waals surface area contributed by atoms with Crippen molar-refractivity contribution in [2.45, 2.75) is 64.1 Å². The SMILES string of the molecule is Cc1ccc(O)c(C(=O)NC2CCN3[C@H](CCC[C@H]3C)C2)c1. The fourth-order valence-electron chi connectivity index (χ4n) is 3.97. The number of carbonyl (C=O) groups excluding carboxylic acids is 1. The highest BCUT2D eigenvalue weighted by atomic mass is 16.3. The van der Waals surface area contributed by atoms with Crippen molar-refractivity contribution in [1.82, 2.24) is 10.2 Å². The Balaban J connectivity index is 1.64. The van der Waals surface area contributed by atoms with Gasteiger partial charge >= 0.3 is 0 Å². The molecule has 2 heterocycles. The van der Waals surface area contributed by atoms with Gasteiger partial charge in [-0.3, -0.25) is 9.69 Å². The quantitative estimate of drug-likeness (QED) is 0.883. The highest BCUT2D eigenvalue weighted by Crippen LogP contribution is 2.30. The number of phenols is 1. The van der Waals surface area contributed by atoms with Crippen molar-refractivity contribution in [2.24, 2.45) is 0 Å². The molecule has 0 saturated carbocycles. The number of carbonyl (C=O) groups is 1. The van der Waals surface area contributed by atoms with Gasteiger partial charge in [0.25, 0.3) is 5.91 Å². The van der Waals surface area contributed by atoms with E-state index < -0.39 is 0 Å². The van der Waals surface area contributed by atoms with Crippen molar-refractivity contribution in [3.8, 4) is 5.75 Å². The first-order valence-electron chi connectivity index (χ1n) is 8.41.